The molecule has 0 spiro atoms. The van der Waals surface area contributed by atoms with E-state index in [4.69, 9.17) is 26.8 Å². The fourth-order valence-corrected chi connectivity index (χ4v) is 1.46. The first-order chi connectivity index (χ1) is 9.31. The van der Waals surface area contributed by atoms with Gasteiger partial charge in [0, 0.05) is 5.02 Å². The van der Waals surface area contributed by atoms with Crippen LogP contribution in [0.4, 0.5) is 4.79 Å². The van der Waals surface area contributed by atoms with Crippen molar-refractivity contribution in [2.75, 3.05) is 13.2 Å². The third-order valence-corrected chi connectivity index (χ3v) is 2.56. The first-order valence-corrected chi connectivity index (χ1v) is 6.34. The van der Waals surface area contributed by atoms with E-state index in [0.717, 1.165) is 0 Å². The van der Waals surface area contributed by atoms with Gasteiger partial charge in [0.25, 0.3) is 0 Å². The Morgan fingerprint density at radius 3 is 2.45 bits per heavy atom. The van der Waals surface area contributed by atoms with Gasteiger partial charge in [-0.25, -0.2) is 9.59 Å². The molecule has 0 aliphatic carbocycles. The number of primary amides is 1. The molecule has 0 unspecified atom stereocenters. The first kappa shape index (κ1) is 16.1. The van der Waals surface area contributed by atoms with Crippen molar-refractivity contribution in [1.82, 2.24) is 5.32 Å². The van der Waals surface area contributed by atoms with Gasteiger partial charge in [-0.3, -0.25) is 0 Å². The van der Waals surface area contributed by atoms with E-state index < -0.39 is 17.6 Å². The summed E-state index contributed by atoms with van der Waals surface area (Å²) in [6.07, 6.45) is 0. The van der Waals surface area contributed by atoms with Gasteiger partial charge in [-0.05, 0) is 38.1 Å². The zero-order chi connectivity index (χ0) is 15.2. The highest BCUT2D eigenvalue weighted by Crippen LogP contribution is 2.21. The van der Waals surface area contributed by atoms with Gasteiger partial charge in [-0.1, -0.05) is 11.6 Å². The predicted molar refractivity (Wildman–Crippen MR) is 74.7 cm³/mol. The molecule has 110 valence electrons. The second kappa shape index (κ2) is 7.00. The fourth-order valence-electron chi connectivity index (χ4n) is 1.33. The molecule has 7 heteroatoms. The van der Waals surface area contributed by atoms with Gasteiger partial charge in [0.05, 0.1) is 6.54 Å². The summed E-state index contributed by atoms with van der Waals surface area (Å²) in [5, 5.41) is 2.89. The number of nitrogens with two attached hydrogens (primary N) is 1. The Bertz CT molecular complexity index is 474. The number of nitrogens with one attached hydrogen (secondary N) is 1. The maximum Gasteiger partial charge on any atom is 0.349 e. The highest BCUT2D eigenvalue weighted by Gasteiger charge is 2.31. The van der Waals surface area contributed by atoms with E-state index in [2.05, 4.69) is 5.32 Å². The van der Waals surface area contributed by atoms with Crippen LogP contribution in [0.1, 0.15) is 13.8 Å². The first-order valence-electron chi connectivity index (χ1n) is 5.96. The Balaban J connectivity index is 2.48. The molecule has 0 saturated heterocycles. The molecule has 0 atom stereocenters. The van der Waals surface area contributed by atoms with Crippen molar-refractivity contribution in [3.05, 3.63) is 29.3 Å². The van der Waals surface area contributed by atoms with E-state index >= 15 is 0 Å². The van der Waals surface area contributed by atoms with Crippen LogP contribution in [0.5, 0.6) is 5.75 Å². The summed E-state index contributed by atoms with van der Waals surface area (Å²) in [6.45, 7) is 3.35. The van der Waals surface area contributed by atoms with E-state index in [1.54, 1.807) is 38.1 Å². The van der Waals surface area contributed by atoms with Crippen molar-refractivity contribution >= 4 is 23.6 Å². The van der Waals surface area contributed by atoms with E-state index in [0.29, 0.717) is 10.8 Å². The minimum atomic E-state index is -1.15. The van der Waals surface area contributed by atoms with E-state index in [-0.39, 0.29) is 13.2 Å². The van der Waals surface area contributed by atoms with Crippen LogP contribution in [-0.2, 0) is 9.53 Å². The van der Waals surface area contributed by atoms with Gasteiger partial charge in [-0.15, -0.1) is 0 Å². The number of amides is 2. The topological polar surface area (TPSA) is 90.7 Å². The van der Waals surface area contributed by atoms with Crippen molar-refractivity contribution in [3.8, 4) is 5.75 Å². The van der Waals surface area contributed by atoms with Gasteiger partial charge in [-0.2, -0.15) is 0 Å². The van der Waals surface area contributed by atoms with Crippen molar-refractivity contribution in [1.29, 1.82) is 0 Å². The molecule has 1 aromatic rings. The van der Waals surface area contributed by atoms with Crippen LogP contribution in [0, 0.1) is 0 Å². The molecule has 0 radical (unpaired) electrons. The molecule has 0 saturated carbocycles. The second-order valence-corrected chi connectivity index (χ2v) is 4.93. The van der Waals surface area contributed by atoms with Crippen LogP contribution in [0.3, 0.4) is 0 Å². The molecule has 0 heterocycles. The molecule has 0 aliphatic heterocycles. The monoisotopic (exact) mass is 300 g/mol. The van der Waals surface area contributed by atoms with Crippen LogP contribution < -0.4 is 15.8 Å². The molecule has 0 aromatic heterocycles. The van der Waals surface area contributed by atoms with Crippen molar-refractivity contribution in [2.45, 2.75) is 19.4 Å². The summed E-state index contributed by atoms with van der Waals surface area (Å²) in [4.78, 5) is 22.3. The summed E-state index contributed by atoms with van der Waals surface area (Å²) in [6, 6.07) is 5.97. The average Bonchev–Trinajstić information content (AvgIpc) is 2.36. The van der Waals surface area contributed by atoms with Gasteiger partial charge in [0.15, 0.2) is 5.60 Å². The number of esters is 1. The number of hydrogen-bond donors (Lipinski definition) is 2. The van der Waals surface area contributed by atoms with Crippen molar-refractivity contribution in [3.63, 3.8) is 0 Å². The Morgan fingerprint density at radius 2 is 1.90 bits per heavy atom. The lowest BCUT2D eigenvalue weighted by atomic mass is 10.1. The lowest BCUT2D eigenvalue weighted by Crippen LogP contribution is -2.41. The largest absolute Gasteiger partial charge is 0.476 e. The van der Waals surface area contributed by atoms with Crippen LogP contribution in [0.15, 0.2) is 24.3 Å². The third kappa shape index (κ3) is 5.36. The number of urea groups is 1. The Morgan fingerprint density at radius 1 is 1.30 bits per heavy atom. The zero-order valence-corrected chi connectivity index (χ0v) is 12.1. The molecule has 2 amide bonds. The van der Waals surface area contributed by atoms with Crippen molar-refractivity contribution < 1.29 is 19.1 Å². The van der Waals surface area contributed by atoms with Gasteiger partial charge in [0.1, 0.15) is 12.4 Å². The Kier molecular flexibility index (Phi) is 5.64. The third-order valence-electron chi connectivity index (χ3n) is 2.31. The van der Waals surface area contributed by atoms with Gasteiger partial charge >= 0.3 is 12.0 Å². The second-order valence-electron chi connectivity index (χ2n) is 4.49. The number of rotatable bonds is 6. The lowest BCUT2D eigenvalue weighted by Gasteiger charge is -2.24. The summed E-state index contributed by atoms with van der Waals surface area (Å²) in [7, 11) is 0. The van der Waals surface area contributed by atoms with Crippen LogP contribution in [0.2, 0.25) is 5.02 Å². The summed E-state index contributed by atoms with van der Waals surface area (Å²) < 4.78 is 10.5. The SMILES string of the molecule is CC(C)(Oc1ccc(Cl)cc1)C(=O)OCCNC(N)=O. The number of carbonyl (C=O) groups excluding carboxylic acids is 2. The molecule has 1 rings (SSSR count). The number of hydrogen-bond acceptors (Lipinski definition) is 4. The quantitative estimate of drug-likeness (QED) is 0.618. The van der Waals surface area contributed by atoms with Gasteiger partial charge < -0.3 is 20.5 Å². The fraction of sp³-hybridized carbons (Fsp3) is 0.385. The summed E-state index contributed by atoms with van der Waals surface area (Å²) in [5.74, 6) is -0.0367. The summed E-state index contributed by atoms with van der Waals surface area (Å²) in [5.41, 5.74) is 3.73. The van der Waals surface area contributed by atoms with Crippen molar-refractivity contribution in [2.24, 2.45) is 5.73 Å². The maximum absolute atomic E-state index is 11.9. The molecule has 0 fully saturated rings. The molecule has 0 aliphatic rings. The number of halogens is 1. The van der Waals surface area contributed by atoms with Crippen LogP contribution >= 0.6 is 11.6 Å². The standard InChI is InChI=1S/C13H17ClN2O4/c1-13(2,11(17)19-8-7-16-12(15)18)20-10-5-3-9(14)4-6-10/h3-6H,7-8H2,1-2H3,(H3,15,16,18). The highest BCUT2D eigenvalue weighted by atomic mass is 35.5. The smallest absolute Gasteiger partial charge is 0.349 e. The van der Waals surface area contributed by atoms with E-state index in [1.807, 2.05) is 0 Å². The minimum Gasteiger partial charge on any atom is -0.476 e. The number of carbonyl (C=O) groups is 2. The molecular formula is C13H17ClN2O4. The molecule has 1 aromatic carbocycles. The molecule has 6 nitrogen and oxygen atoms in total. The van der Waals surface area contributed by atoms with Crippen LogP contribution in [0.25, 0.3) is 0 Å². The molecule has 0 bridgehead atoms. The van der Waals surface area contributed by atoms with E-state index in [9.17, 15) is 9.59 Å². The molecule has 20 heavy (non-hydrogen) atoms. The van der Waals surface area contributed by atoms with E-state index in [1.165, 1.54) is 0 Å². The highest BCUT2D eigenvalue weighted by molar-refractivity contribution is 6.30. The Hall–Kier alpha value is -1.95. The van der Waals surface area contributed by atoms with Gasteiger partial charge in [0.2, 0.25) is 0 Å². The number of benzene rings is 1. The normalized spacial score (nSPS) is 10.8. The minimum absolute atomic E-state index is 0.0230. The number of ether oxygens (including phenoxy) is 2. The average molecular weight is 301 g/mol. The zero-order valence-electron chi connectivity index (χ0n) is 11.3. The predicted octanol–water partition coefficient (Wildman–Crippen LogP) is 1.71. The molecule has 3 N–H and O–H groups in total. The summed E-state index contributed by atoms with van der Waals surface area (Å²) >= 11 is 5.76. The maximum atomic E-state index is 11.9. The molecular weight excluding hydrogens is 284 g/mol. The Labute approximate surface area is 122 Å². The van der Waals surface area contributed by atoms with Crippen LogP contribution in [-0.4, -0.2) is 30.8 Å². The lowest BCUT2D eigenvalue weighted by molar-refractivity contribution is -0.159.